The Kier molecular flexibility index (Phi) is 5.16. The van der Waals surface area contributed by atoms with E-state index in [2.05, 4.69) is 56.7 Å². The van der Waals surface area contributed by atoms with Crippen molar-refractivity contribution in [2.24, 2.45) is 13.0 Å². The van der Waals surface area contributed by atoms with Gasteiger partial charge in [-0.15, -0.1) is 0 Å². The van der Waals surface area contributed by atoms with E-state index < -0.39 is 0 Å². The average Bonchev–Trinajstić information content (AvgIpc) is 2.78. The summed E-state index contributed by atoms with van der Waals surface area (Å²) in [6.45, 7) is 1.01. The van der Waals surface area contributed by atoms with Gasteiger partial charge in [-0.1, -0.05) is 28.1 Å². The lowest BCUT2D eigenvalue weighted by Gasteiger charge is -2.15. The third-order valence-corrected chi connectivity index (χ3v) is 3.73. The zero-order valence-electron chi connectivity index (χ0n) is 11.4. The van der Waals surface area contributed by atoms with E-state index in [0.717, 1.165) is 23.9 Å². The molecule has 0 saturated carbocycles. The number of nitrogens with one attached hydrogen (secondary N) is 1. The number of halogens is 1. The number of benzene rings is 1. The van der Waals surface area contributed by atoms with Gasteiger partial charge in [0, 0.05) is 17.7 Å². The summed E-state index contributed by atoms with van der Waals surface area (Å²) < 4.78 is 3.00. The summed E-state index contributed by atoms with van der Waals surface area (Å²) in [6, 6.07) is 10.7. The smallest absolute Gasteiger partial charge is 0.0627 e. The fourth-order valence-electron chi connectivity index (χ4n) is 2.33. The van der Waals surface area contributed by atoms with Crippen molar-refractivity contribution in [3.8, 4) is 0 Å². The Hall–Kier alpha value is -1.13. The van der Waals surface area contributed by atoms with Gasteiger partial charge in [-0.3, -0.25) is 4.68 Å². The van der Waals surface area contributed by atoms with E-state index in [-0.39, 0.29) is 0 Å². The van der Waals surface area contributed by atoms with E-state index >= 15 is 0 Å². The summed E-state index contributed by atoms with van der Waals surface area (Å²) in [5, 5.41) is 7.75. The molecular weight excluding hydrogens is 302 g/mol. The largest absolute Gasteiger partial charge is 0.319 e. The fourth-order valence-corrected chi connectivity index (χ4v) is 2.59. The van der Waals surface area contributed by atoms with Gasteiger partial charge in [0.15, 0.2) is 0 Å². The van der Waals surface area contributed by atoms with Crippen molar-refractivity contribution in [1.29, 1.82) is 0 Å². The molecule has 1 aromatic heterocycles. The van der Waals surface area contributed by atoms with Crippen LogP contribution in [0.3, 0.4) is 0 Å². The Balaban J connectivity index is 2.01. The Labute approximate surface area is 123 Å². The van der Waals surface area contributed by atoms with Gasteiger partial charge < -0.3 is 5.32 Å². The minimum atomic E-state index is 0.570. The molecule has 1 aromatic carbocycles. The lowest BCUT2D eigenvalue weighted by molar-refractivity contribution is 0.485. The van der Waals surface area contributed by atoms with E-state index in [0.29, 0.717) is 5.92 Å². The summed E-state index contributed by atoms with van der Waals surface area (Å²) >= 11 is 3.47. The molecule has 0 bridgehead atoms. The SMILES string of the molecule is CNCC(Cc1ccc(Br)cc1)Cc1ccn(C)n1. The first-order valence-corrected chi connectivity index (χ1v) is 7.34. The number of hydrogen-bond donors (Lipinski definition) is 1. The van der Waals surface area contributed by atoms with E-state index in [1.807, 2.05) is 25.0 Å². The zero-order chi connectivity index (χ0) is 13.7. The molecule has 0 aliphatic carbocycles. The fraction of sp³-hybridized carbons (Fsp3) is 0.400. The summed E-state index contributed by atoms with van der Waals surface area (Å²) in [5.74, 6) is 0.570. The van der Waals surface area contributed by atoms with Crippen molar-refractivity contribution in [1.82, 2.24) is 15.1 Å². The predicted molar refractivity (Wildman–Crippen MR) is 82.2 cm³/mol. The normalized spacial score (nSPS) is 12.6. The van der Waals surface area contributed by atoms with Crippen LogP contribution in [-0.4, -0.2) is 23.4 Å². The Bertz CT molecular complexity index is 504. The van der Waals surface area contributed by atoms with Crippen molar-refractivity contribution in [2.75, 3.05) is 13.6 Å². The van der Waals surface area contributed by atoms with E-state index in [9.17, 15) is 0 Å². The molecule has 3 nitrogen and oxygen atoms in total. The molecule has 2 rings (SSSR count). The lowest BCUT2D eigenvalue weighted by atomic mass is 9.95. The van der Waals surface area contributed by atoms with Gasteiger partial charge in [-0.25, -0.2) is 0 Å². The van der Waals surface area contributed by atoms with Crippen molar-refractivity contribution >= 4 is 15.9 Å². The molecule has 19 heavy (non-hydrogen) atoms. The van der Waals surface area contributed by atoms with Crippen molar-refractivity contribution in [3.63, 3.8) is 0 Å². The van der Waals surface area contributed by atoms with Crippen LogP contribution < -0.4 is 5.32 Å². The second-order valence-corrected chi connectivity index (χ2v) is 5.85. The van der Waals surface area contributed by atoms with Crippen molar-refractivity contribution in [2.45, 2.75) is 12.8 Å². The van der Waals surface area contributed by atoms with Crippen molar-refractivity contribution < 1.29 is 0 Å². The standard InChI is InChI=1S/C15H20BrN3/c1-17-11-13(10-15-7-8-19(2)18-15)9-12-3-5-14(16)6-4-12/h3-8,13,17H,9-11H2,1-2H3. The molecule has 1 N–H and O–H groups in total. The first-order valence-electron chi connectivity index (χ1n) is 6.55. The molecule has 1 heterocycles. The summed E-state index contributed by atoms with van der Waals surface area (Å²) in [6.07, 6.45) is 4.09. The van der Waals surface area contributed by atoms with Gasteiger partial charge >= 0.3 is 0 Å². The van der Waals surface area contributed by atoms with Gasteiger partial charge in [0.25, 0.3) is 0 Å². The second-order valence-electron chi connectivity index (χ2n) is 4.94. The zero-order valence-corrected chi connectivity index (χ0v) is 13.0. The monoisotopic (exact) mass is 321 g/mol. The highest BCUT2D eigenvalue weighted by atomic mass is 79.9. The third-order valence-electron chi connectivity index (χ3n) is 3.20. The maximum Gasteiger partial charge on any atom is 0.0627 e. The number of aromatic nitrogens is 2. The summed E-state index contributed by atoms with van der Waals surface area (Å²) in [4.78, 5) is 0. The molecule has 0 amide bonds. The highest BCUT2D eigenvalue weighted by Crippen LogP contribution is 2.16. The number of rotatable bonds is 6. The molecule has 4 heteroatoms. The quantitative estimate of drug-likeness (QED) is 0.886. The number of nitrogens with zero attached hydrogens (tertiary/aromatic N) is 2. The molecule has 2 aromatic rings. The van der Waals surface area contributed by atoms with Crippen LogP contribution >= 0.6 is 15.9 Å². The minimum Gasteiger partial charge on any atom is -0.319 e. The summed E-state index contributed by atoms with van der Waals surface area (Å²) in [7, 11) is 3.97. The van der Waals surface area contributed by atoms with Gasteiger partial charge in [-0.05, 0) is 56.1 Å². The van der Waals surface area contributed by atoms with Crippen LogP contribution in [0.25, 0.3) is 0 Å². The highest BCUT2D eigenvalue weighted by molar-refractivity contribution is 9.10. The van der Waals surface area contributed by atoms with Crippen molar-refractivity contribution in [3.05, 3.63) is 52.3 Å². The van der Waals surface area contributed by atoms with Crippen LogP contribution in [0.1, 0.15) is 11.3 Å². The first kappa shape index (κ1) is 14.3. The Morgan fingerprint density at radius 3 is 2.53 bits per heavy atom. The Morgan fingerprint density at radius 1 is 1.21 bits per heavy atom. The number of hydrogen-bond acceptors (Lipinski definition) is 2. The van der Waals surface area contributed by atoms with Crippen LogP contribution in [0.15, 0.2) is 41.0 Å². The maximum atomic E-state index is 4.47. The van der Waals surface area contributed by atoms with Gasteiger partial charge in [-0.2, -0.15) is 5.10 Å². The molecule has 0 saturated heterocycles. The average molecular weight is 322 g/mol. The van der Waals surface area contributed by atoms with Crippen LogP contribution in [-0.2, 0) is 19.9 Å². The predicted octanol–water partition coefficient (Wildman–Crippen LogP) is 2.80. The maximum absolute atomic E-state index is 4.47. The molecule has 0 aliphatic heterocycles. The molecule has 1 unspecified atom stereocenters. The van der Waals surface area contributed by atoms with Gasteiger partial charge in [0.2, 0.25) is 0 Å². The molecule has 1 atom stereocenters. The van der Waals surface area contributed by atoms with Gasteiger partial charge in [0.05, 0.1) is 5.69 Å². The van der Waals surface area contributed by atoms with E-state index in [1.165, 1.54) is 11.3 Å². The van der Waals surface area contributed by atoms with Crippen LogP contribution in [0.4, 0.5) is 0 Å². The molecule has 0 spiro atoms. The number of aryl methyl sites for hydroxylation is 1. The van der Waals surface area contributed by atoms with Gasteiger partial charge in [0.1, 0.15) is 0 Å². The second kappa shape index (κ2) is 6.87. The highest BCUT2D eigenvalue weighted by Gasteiger charge is 2.11. The van der Waals surface area contributed by atoms with E-state index in [1.54, 1.807) is 0 Å². The minimum absolute atomic E-state index is 0.570. The molecule has 0 fully saturated rings. The van der Waals surface area contributed by atoms with Crippen LogP contribution in [0, 0.1) is 5.92 Å². The molecule has 102 valence electrons. The first-order chi connectivity index (χ1) is 9.17. The van der Waals surface area contributed by atoms with Crippen LogP contribution in [0.5, 0.6) is 0 Å². The topological polar surface area (TPSA) is 29.9 Å². The molecular formula is C15H20BrN3. The summed E-state index contributed by atoms with van der Waals surface area (Å²) in [5.41, 5.74) is 2.54. The Morgan fingerprint density at radius 2 is 1.95 bits per heavy atom. The van der Waals surface area contributed by atoms with E-state index in [4.69, 9.17) is 0 Å². The van der Waals surface area contributed by atoms with Crippen LogP contribution in [0.2, 0.25) is 0 Å². The molecule has 0 aliphatic rings. The lowest BCUT2D eigenvalue weighted by Crippen LogP contribution is -2.23. The third kappa shape index (κ3) is 4.48. The molecule has 0 radical (unpaired) electrons.